The zero-order valence-electron chi connectivity index (χ0n) is 10.7. The minimum Gasteiger partial charge on any atom is -0.368 e. The summed E-state index contributed by atoms with van der Waals surface area (Å²) in [6, 6.07) is 6.84. The smallest absolute Gasteiger partial charge is 0.138 e. The highest BCUT2D eigenvalue weighted by Crippen LogP contribution is 2.28. The molecule has 0 amide bonds. The maximum absolute atomic E-state index is 4.32. The van der Waals surface area contributed by atoms with Gasteiger partial charge in [0.2, 0.25) is 0 Å². The number of imidazole rings is 1. The monoisotopic (exact) mass is 261 g/mol. The van der Waals surface area contributed by atoms with Crippen molar-refractivity contribution >= 4 is 23.2 Å². The normalized spacial score (nSPS) is 24.3. The number of hydrogen-bond acceptors (Lipinski definition) is 3. The second kappa shape index (κ2) is 5.22. The summed E-state index contributed by atoms with van der Waals surface area (Å²) in [4.78, 5) is 4.32. The second-order valence-corrected chi connectivity index (χ2v) is 6.07. The van der Waals surface area contributed by atoms with Crippen LogP contribution in [0.25, 0.3) is 5.65 Å². The number of nitrogens with zero attached hydrogens (tertiary/aromatic N) is 2. The summed E-state index contributed by atoms with van der Waals surface area (Å²) in [5, 5.41) is 4.50. The van der Waals surface area contributed by atoms with Gasteiger partial charge in [0.25, 0.3) is 0 Å². The third kappa shape index (κ3) is 2.34. The first kappa shape index (κ1) is 11.9. The van der Waals surface area contributed by atoms with Crippen molar-refractivity contribution < 1.29 is 0 Å². The topological polar surface area (TPSA) is 29.3 Å². The van der Waals surface area contributed by atoms with Gasteiger partial charge >= 0.3 is 0 Å². The van der Waals surface area contributed by atoms with Gasteiger partial charge in [0.15, 0.2) is 0 Å². The third-order valence-electron chi connectivity index (χ3n) is 3.74. The molecule has 1 fully saturated rings. The van der Waals surface area contributed by atoms with Crippen LogP contribution in [0.3, 0.4) is 0 Å². The Morgan fingerprint density at radius 3 is 3.22 bits per heavy atom. The number of aromatic nitrogens is 2. The van der Waals surface area contributed by atoms with E-state index in [9.17, 15) is 0 Å². The summed E-state index contributed by atoms with van der Waals surface area (Å²) in [7, 11) is 0. The molecule has 1 aliphatic carbocycles. The molecule has 0 spiro atoms. The van der Waals surface area contributed by atoms with Gasteiger partial charge in [-0.3, -0.25) is 4.40 Å². The lowest BCUT2D eigenvalue weighted by atomic mass is 9.95. The highest BCUT2D eigenvalue weighted by Gasteiger charge is 2.21. The molecule has 96 valence electrons. The summed E-state index contributed by atoms with van der Waals surface area (Å²) in [5.41, 5.74) is 1.01. The van der Waals surface area contributed by atoms with Crippen LogP contribution in [0.2, 0.25) is 0 Å². The Kier molecular flexibility index (Phi) is 3.46. The summed E-state index contributed by atoms with van der Waals surface area (Å²) in [5.74, 6) is 1.16. The van der Waals surface area contributed by atoms with Gasteiger partial charge in [0.1, 0.15) is 11.5 Å². The fourth-order valence-electron chi connectivity index (χ4n) is 2.76. The summed E-state index contributed by atoms with van der Waals surface area (Å²) < 4.78 is 2.13. The van der Waals surface area contributed by atoms with Gasteiger partial charge in [-0.15, -0.1) is 0 Å². The van der Waals surface area contributed by atoms with Gasteiger partial charge in [0, 0.05) is 23.7 Å². The molecule has 0 radical (unpaired) electrons. The molecule has 4 heteroatoms. The average molecular weight is 261 g/mol. The highest BCUT2D eigenvalue weighted by molar-refractivity contribution is 7.99. The second-order valence-electron chi connectivity index (χ2n) is 4.93. The number of rotatable bonds is 3. The van der Waals surface area contributed by atoms with E-state index in [0.29, 0.717) is 6.04 Å². The van der Waals surface area contributed by atoms with Crippen LogP contribution in [0, 0.1) is 0 Å². The zero-order valence-corrected chi connectivity index (χ0v) is 11.5. The molecule has 0 saturated heterocycles. The first-order valence-corrected chi connectivity index (χ1v) is 7.87. The molecule has 0 aliphatic heterocycles. The molecule has 2 atom stereocenters. The lowest BCUT2D eigenvalue weighted by Gasteiger charge is -2.29. The Morgan fingerprint density at radius 2 is 2.33 bits per heavy atom. The van der Waals surface area contributed by atoms with Crippen molar-refractivity contribution in [2.75, 3.05) is 11.6 Å². The summed E-state index contributed by atoms with van der Waals surface area (Å²) in [6.07, 6.45) is 11.4. The van der Waals surface area contributed by atoms with Crippen molar-refractivity contribution in [1.29, 1.82) is 0 Å². The molecule has 2 aromatic heterocycles. The van der Waals surface area contributed by atoms with Gasteiger partial charge in [0.05, 0.1) is 0 Å². The van der Waals surface area contributed by atoms with Gasteiger partial charge in [-0.1, -0.05) is 12.5 Å². The van der Waals surface area contributed by atoms with Gasteiger partial charge in [-0.25, -0.2) is 4.98 Å². The quantitative estimate of drug-likeness (QED) is 0.918. The van der Waals surface area contributed by atoms with Crippen LogP contribution in [0.4, 0.5) is 5.82 Å². The van der Waals surface area contributed by atoms with Crippen LogP contribution in [0.1, 0.15) is 25.7 Å². The fourth-order valence-corrected chi connectivity index (χ4v) is 3.59. The van der Waals surface area contributed by atoms with Crippen molar-refractivity contribution in [2.45, 2.75) is 37.0 Å². The Balaban J connectivity index is 1.77. The van der Waals surface area contributed by atoms with E-state index in [1.165, 1.54) is 25.7 Å². The van der Waals surface area contributed by atoms with E-state index in [2.05, 4.69) is 33.1 Å². The molecule has 1 saturated carbocycles. The van der Waals surface area contributed by atoms with Crippen LogP contribution in [-0.4, -0.2) is 26.9 Å². The lowest BCUT2D eigenvalue weighted by Crippen LogP contribution is -2.29. The maximum Gasteiger partial charge on any atom is 0.138 e. The van der Waals surface area contributed by atoms with Crippen LogP contribution in [0.15, 0.2) is 30.6 Å². The molecule has 1 N–H and O–H groups in total. The van der Waals surface area contributed by atoms with Crippen molar-refractivity contribution in [1.82, 2.24) is 9.38 Å². The number of fused-ring (bicyclic) bond motifs is 1. The van der Waals surface area contributed by atoms with E-state index in [4.69, 9.17) is 0 Å². The third-order valence-corrected chi connectivity index (χ3v) is 4.83. The van der Waals surface area contributed by atoms with E-state index in [1.807, 2.05) is 30.2 Å². The molecule has 2 aromatic rings. The Labute approximate surface area is 112 Å². The molecule has 2 unspecified atom stereocenters. The van der Waals surface area contributed by atoms with Gasteiger partial charge in [-0.05, 0) is 37.7 Å². The van der Waals surface area contributed by atoms with E-state index in [-0.39, 0.29) is 0 Å². The summed E-state index contributed by atoms with van der Waals surface area (Å²) in [6.45, 7) is 0. The van der Waals surface area contributed by atoms with Crippen LogP contribution in [0.5, 0.6) is 0 Å². The van der Waals surface area contributed by atoms with E-state index in [0.717, 1.165) is 16.7 Å². The van der Waals surface area contributed by atoms with Crippen molar-refractivity contribution in [2.24, 2.45) is 0 Å². The molecule has 3 rings (SSSR count). The molecular weight excluding hydrogens is 242 g/mol. The molecule has 0 aromatic carbocycles. The van der Waals surface area contributed by atoms with E-state index < -0.39 is 0 Å². The predicted octanol–water partition coefficient (Wildman–Crippen LogP) is 3.42. The van der Waals surface area contributed by atoms with Gasteiger partial charge < -0.3 is 5.32 Å². The first-order valence-electron chi connectivity index (χ1n) is 6.58. The molecular formula is C14H19N3S. The number of thioether (sulfide) groups is 1. The summed E-state index contributed by atoms with van der Waals surface area (Å²) >= 11 is 2.01. The van der Waals surface area contributed by atoms with Crippen molar-refractivity contribution in [3.63, 3.8) is 0 Å². The van der Waals surface area contributed by atoms with E-state index >= 15 is 0 Å². The minimum atomic E-state index is 0.601. The number of anilines is 1. The number of nitrogens with one attached hydrogen (secondary N) is 1. The Hall–Kier alpha value is -1.16. The Bertz CT molecular complexity index is 522. The van der Waals surface area contributed by atoms with E-state index in [1.54, 1.807) is 0 Å². The lowest BCUT2D eigenvalue weighted by molar-refractivity contribution is 0.472. The average Bonchev–Trinajstić information content (AvgIpc) is 2.88. The molecule has 1 aliphatic rings. The number of hydrogen-bond donors (Lipinski definition) is 1. The van der Waals surface area contributed by atoms with Crippen LogP contribution >= 0.6 is 11.8 Å². The molecule has 3 nitrogen and oxygen atoms in total. The first-order chi connectivity index (χ1) is 8.86. The largest absolute Gasteiger partial charge is 0.368 e. The standard InChI is InChI=1S/C14H19N3S/c1-18-12-5-2-4-11(10-12)16-14-7-3-6-13-15-8-9-17(13)14/h3,6-9,11-12,16H,2,4-5,10H2,1H3. The molecule has 2 heterocycles. The maximum atomic E-state index is 4.32. The van der Waals surface area contributed by atoms with Gasteiger partial charge in [-0.2, -0.15) is 11.8 Å². The van der Waals surface area contributed by atoms with Crippen molar-refractivity contribution in [3.05, 3.63) is 30.6 Å². The fraction of sp³-hybridized carbons (Fsp3) is 0.500. The van der Waals surface area contributed by atoms with Crippen LogP contribution in [-0.2, 0) is 0 Å². The molecule has 18 heavy (non-hydrogen) atoms. The predicted molar refractivity (Wildman–Crippen MR) is 78.4 cm³/mol. The zero-order chi connectivity index (χ0) is 12.4. The Morgan fingerprint density at radius 1 is 1.39 bits per heavy atom. The van der Waals surface area contributed by atoms with Crippen molar-refractivity contribution in [3.8, 4) is 0 Å². The van der Waals surface area contributed by atoms with Crippen LogP contribution < -0.4 is 5.32 Å². The molecule has 0 bridgehead atoms. The minimum absolute atomic E-state index is 0.601. The number of pyridine rings is 1. The highest BCUT2D eigenvalue weighted by atomic mass is 32.2. The SMILES string of the molecule is CSC1CCCC(Nc2cccc3nccn23)C1.